The number of hydrogen-bond donors (Lipinski definition) is 5. The Morgan fingerprint density at radius 3 is 2.28 bits per heavy atom. The van der Waals surface area contributed by atoms with Crippen molar-refractivity contribution in [3.63, 3.8) is 0 Å². The van der Waals surface area contributed by atoms with Crippen LogP contribution in [-0.2, 0) is 27.2 Å². The summed E-state index contributed by atoms with van der Waals surface area (Å²) in [4.78, 5) is 42.9. The molecule has 0 bridgehead atoms. The van der Waals surface area contributed by atoms with E-state index in [0.717, 1.165) is 17.5 Å². The number of fused-ring (bicyclic) bond motifs is 3. The van der Waals surface area contributed by atoms with Crippen LogP contribution in [0.4, 0.5) is 5.69 Å². The molecule has 0 unspecified atom stereocenters. The number of primary amides is 1. The fourth-order valence-electron chi connectivity index (χ4n) is 6.75. The van der Waals surface area contributed by atoms with E-state index in [2.05, 4.69) is 18.8 Å². The monoisotopic (exact) mass is 585 g/mol. The number of anilines is 1. The summed E-state index contributed by atoms with van der Waals surface area (Å²) in [6, 6.07) is 8.29. The Hall–Kier alpha value is -4.59. The van der Waals surface area contributed by atoms with Gasteiger partial charge >= 0.3 is 0 Å². The zero-order chi connectivity index (χ0) is 31.5. The molecule has 0 aromatic heterocycles. The van der Waals surface area contributed by atoms with Crippen molar-refractivity contribution < 1.29 is 34.8 Å². The third-order valence-corrected chi connectivity index (χ3v) is 8.88. The maximum absolute atomic E-state index is 14.1. The van der Waals surface area contributed by atoms with E-state index < -0.39 is 58.0 Å². The minimum atomic E-state index is -2.69. The van der Waals surface area contributed by atoms with E-state index in [0.29, 0.717) is 11.3 Å². The molecule has 1 amide bonds. The summed E-state index contributed by atoms with van der Waals surface area (Å²) in [6.45, 7) is 2.05. The Bertz CT molecular complexity index is 1690. The Morgan fingerprint density at radius 1 is 1.07 bits per heavy atom. The number of aryl methyl sites for hydroxylation is 1. The molecule has 0 aliphatic heterocycles. The molecule has 0 radical (unpaired) electrons. The number of aromatic hydroxyl groups is 1. The molecular formula is C33H35N3O7. The summed E-state index contributed by atoms with van der Waals surface area (Å²) in [5.74, 6) is -0.874. The summed E-state index contributed by atoms with van der Waals surface area (Å²) >= 11 is 0. The molecule has 1 saturated carbocycles. The van der Waals surface area contributed by atoms with Gasteiger partial charge in [0.15, 0.2) is 11.4 Å². The fourth-order valence-corrected chi connectivity index (χ4v) is 6.75. The van der Waals surface area contributed by atoms with E-state index in [4.69, 9.17) is 5.73 Å². The normalized spacial score (nSPS) is 24.7. The number of phenols is 1. The molecule has 0 saturated heterocycles. The third-order valence-electron chi connectivity index (χ3n) is 8.88. The van der Waals surface area contributed by atoms with Crippen molar-refractivity contribution in [2.45, 2.75) is 37.8 Å². The van der Waals surface area contributed by atoms with Gasteiger partial charge in [0.05, 0.1) is 17.2 Å². The van der Waals surface area contributed by atoms with Crippen LogP contribution in [0.3, 0.4) is 0 Å². The van der Waals surface area contributed by atoms with Gasteiger partial charge < -0.3 is 31.1 Å². The predicted octanol–water partition coefficient (Wildman–Crippen LogP) is 1.99. The molecule has 3 aliphatic rings. The van der Waals surface area contributed by atoms with E-state index in [1.54, 1.807) is 20.2 Å². The molecule has 10 heteroatoms. The van der Waals surface area contributed by atoms with E-state index >= 15 is 0 Å². The van der Waals surface area contributed by atoms with Gasteiger partial charge in [-0.1, -0.05) is 30.9 Å². The third kappa shape index (κ3) is 4.47. The summed E-state index contributed by atoms with van der Waals surface area (Å²) in [6.07, 6.45) is 1.11. The van der Waals surface area contributed by atoms with Crippen LogP contribution in [-0.4, -0.2) is 82.6 Å². The first kappa shape index (κ1) is 29.9. The van der Waals surface area contributed by atoms with E-state index in [1.165, 1.54) is 4.90 Å². The van der Waals surface area contributed by atoms with Gasteiger partial charge in [0.1, 0.15) is 22.8 Å². The molecule has 1 fully saturated rings. The van der Waals surface area contributed by atoms with Crippen molar-refractivity contribution >= 4 is 28.9 Å². The van der Waals surface area contributed by atoms with Gasteiger partial charge in [0.25, 0.3) is 5.91 Å². The number of rotatable bonds is 4. The van der Waals surface area contributed by atoms with Crippen LogP contribution in [0.25, 0.3) is 5.76 Å². The summed E-state index contributed by atoms with van der Waals surface area (Å²) in [5.41, 5.74) is 5.03. The number of hydrogen-bond acceptors (Lipinski definition) is 9. The Kier molecular flexibility index (Phi) is 7.37. The topological polar surface area (TPSA) is 165 Å². The lowest BCUT2D eigenvalue weighted by molar-refractivity contribution is -0.153. The predicted molar refractivity (Wildman–Crippen MR) is 160 cm³/mol. The van der Waals surface area contributed by atoms with Crippen LogP contribution >= 0.6 is 0 Å². The second-order valence-corrected chi connectivity index (χ2v) is 11.8. The molecular weight excluding hydrogens is 550 g/mol. The second kappa shape index (κ2) is 10.6. The van der Waals surface area contributed by atoms with Gasteiger partial charge in [-0.25, -0.2) is 0 Å². The van der Waals surface area contributed by atoms with Crippen molar-refractivity contribution in [2.24, 2.45) is 17.6 Å². The molecule has 5 rings (SSSR count). The average Bonchev–Trinajstić information content (AvgIpc) is 2.94. The highest BCUT2D eigenvalue weighted by molar-refractivity contribution is 6.24. The van der Waals surface area contributed by atoms with E-state index in [-0.39, 0.29) is 35.3 Å². The first-order chi connectivity index (χ1) is 20.2. The molecule has 2 aromatic carbocycles. The Labute approximate surface area is 249 Å². The fraction of sp³-hybridized carbons (Fsp3) is 0.364. The first-order valence-corrected chi connectivity index (χ1v) is 14.1. The molecule has 224 valence electrons. The molecule has 4 atom stereocenters. The molecule has 0 heterocycles. The quantitative estimate of drug-likeness (QED) is 0.267. The van der Waals surface area contributed by atoms with Crippen LogP contribution in [0, 0.1) is 23.7 Å². The van der Waals surface area contributed by atoms with Crippen LogP contribution in [0.1, 0.15) is 41.2 Å². The van der Waals surface area contributed by atoms with E-state index in [1.807, 2.05) is 43.3 Å². The van der Waals surface area contributed by atoms with Gasteiger partial charge in [-0.3, -0.25) is 19.3 Å². The zero-order valence-corrected chi connectivity index (χ0v) is 24.7. The lowest BCUT2D eigenvalue weighted by atomic mass is 9.57. The lowest BCUT2D eigenvalue weighted by Crippen LogP contribution is -2.65. The maximum Gasteiger partial charge on any atom is 0.255 e. The van der Waals surface area contributed by atoms with Gasteiger partial charge in [-0.2, -0.15) is 0 Å². The van der Waals surface area contributed by atoms with Crippen molar-refractivity contribution in [1.29, 1.82) is 0 Å². The highest BCUT2D eigenvalue weighted by Gasteiger charge is 2.64. The van der Waals surface area contributed by atoms with Crippen molar-refractivity contribution in [1.82, 2.24) is 4.90 Å². The van der Waals surface area contributed by atoms with Crippen LogP contribution < -0.4 is 10.6 Å². The minimum absolute atomic E-state index is 0.00752. The molecule has 6 N–H and O–H groups in total. The van der Waals surface area contributed by atoms with E-state index in [9.17, 15) is 34.8 Å². The first-order valence-electron chi connectivity index (χ1n) is 14.1. The summed E-state index contributed by atoms with van der Waals surface area (Å²) < 4.78 is 0. The summed E-state index contributed by atoms with van der Waals surface area (Å²) in [7, 11) is 6.75. The number of benzene rings is 2. The molecule has 43 heavy (non-hydrogen) atoms. The van der Waals surface area contributed by atoms with Crippen LogP contribution in [0.2, 0.25) is 0 Å². The lowest BCUT2D eigenvalue weighted by Gasteiger charge is -2.50. The highest BCUT2D eigenvalue weighted by atomic mass is 16.3. The SMILES string of the molecule is CCc1ccc(C#Cc2cc(N(C)C)c3c(c2O)C(O)=C2C(=O)[C@]4(O)C(O)=C(C(N)=O)C(=O)[C@@H](N(C)C)[C@@H]4C[C@@H]2C3)cc1. The maximum atomic E-state index is 14.1. The Balaban J connectivity index is 1.70. The number of ketones is 2. The average molecular weight is 586 g/mol. The number of Topliss-reactive ketones (excluding diaryl/α,β-unsaturated/α-hetero) is 2. The molecule has 10 nitrogen and oxygen atoms in total. The second-order valence-electron chi connectivity index (χ2n) is 11.8. The van der Waals surface area contributed by atoms with Gasteiger partial charge in [0.2, 0.25) is 5.78 Å². The number of nitrogens with zero attached hydrogens (tertiary/aromatic N) is 2. The number of amides is 1. The number of carbonyl (C=O) groups is 3. The Morgan fingerprint density at radius 2 is 1.72 bits per heavy atom. The minimum Gasteiger partial charge on any atom is -0.508 e. The number of aliphatic hydroxyl groups is 3. The number of likely N-dealkylation sites (N-methyl/N-ethyl adjacent to an activating group) is 1. The molecule has 3 aliphatic carbocycles. The smallest absolute Gasteiger partial charge is 0.255 e. The van der Waals surface area contributed by atoms with Crippen molar-refractivity contribution in [3.8, 4) is 17.6 Å². The van der Waals surface area contributed by atoms with Gasteiger partial charge in [-0.15, -0.1) is 0 Å². The standard InChI is InChI=1S/C33H35N3O7/c1-6-16-7-9-17(10-8-16)11-12-18-15-22(35(2)3)20-13-19-14-21-26(36(4)5)29(39)25(32(34)42)31(41)33(21,43)30(40)23(19)28(38)24(20)27(18)37/h7-10,15,19,21,26,37-38,41,43H,6,13-14H2,1-5H3,(H2,34,42)/t19-,21-,26-,33-/m0/s1. The molecule has 0 spiro atoms. The van der Waals surface area contributed by atoms with Crippen LogP contribution in [0.5, 0.6) is 5.75 Å². The van der Waals surface area contributed by atoms with Crippen molar-refractivity contribution in [3.05, 3.63) is 75.1 Å². The number of carbonyl (C=O) groups excluding carboxylic acids is 3. The largest absolute Gasteiger partial charge is 0.508 e. The highest BCUT2D eigenvalue weighted by Crippen LogP contribution is 2.54. The molecule has 2 aromatic rings. The number of phenolic OH excluding ortho intramolecular Hbond substituents is 1. The number of aliphatic hydroxyl groups excluding tert-OH is 2. The van der Waals surface area contributed by atoms with Gasteiger partial charge in [0, 0.05) is 36.8 Å². The number of nitrogens with two attached hydrogens (primary N) is 1. The summed E-state index contributed by atoms with van der Waals surface area (Å²) in [5, 5.41) is 45.9. The zero-order valence-electron chi connectivity index (χ0n) is 24.7. The van der Waals surface area contributed by atoms with Crippen LogP contribution in [0.15, 0.2) is 47.2 Å². The van der Waals surface area contributed by atoms with Gasteiger partial charge in [-0.05, 0) is 68.6 Å². The van der Waals surface area contributed by atoms with Crippen molar-refractivity contribution in [2.75, 3.05) is 33.1 Å².